The number of piperidine rings is 1. The van der Waals surface area contributed by atoms with Crippen LogP contribution in [0.3, 0.4) is 0 Å². The second-order valence-electron chi connectivity index (χ2n) is 6.28. The number of fused-ring (bicyclic) bond motifs is 1. The van der Waals surface area contributed by atoms with Crippen molar-refractivity contribution in [1.29, 1.82) is 0 Å². The molecule has 114 valence electrons. The summed E-state index contributed by atoms with van der Waals surface area (Å²) in [5.41, 5.74) is 3.46. The minimum atomic E-state index is 0.900. The summed E-state index contributed by atoms with van der Waals surface area (Å²) < 4.78 is 2.19. The van der Waals surface area contributed by atoms with Gasteiger partial charge in [0.05, 0.1) is 11.4 Å². The van der Waals surface area contributed by atoms with Gasteiger partial charge in [-0.25, -0.2) is 4.98 Å². The van der Waals surface area contributed by atoms with Crippen LogP contribution in [0.5, 0.6) is 0 Å². The molecule has 3 heterocycles. The van der Waals surface area contributed by atoms with Gasteiger partial charge in [-0.05, 0) is 70.9 Å². The highest BCUT2D eigenvalue weighted by Gasteiger charge is 2.16. The first kappa shape index (κ1) is 14.5. The summed E-state index contributed by atoms with van der Waals surface area (Å²) in [7, 11) is 2.22. The van der Waals surface area contributed by atoms with E-state index in [0.29, 0.717) is 0 Å². The molecule has 21 heavy (non-hydrogen) atoms. The SMILES string of the molecule is Cc1nc2ccccn2c1CNCCC1CCN(C)CC1. The second-order valence-corrected chi connectivity index (χ2v) is 6.28. The molecule has 0 aromatic carbocycles. The summed E-state index contributed by atoms with van der Waals surface area (Å²) in [5, 5.41) is 3.60. The van der Waals surface area contributed by atoms with Crippen molar-refractivity contribution in [2.45, 2.75) is 32.7 Å². The van der Waals surface area contributed by atoms with Crippen LogP contribution < -0.4 is 5.32 Å². The van der Waals surface area contributed by atoms with Crippen molar-refractivity contribution in [3.8, 4) is 0 Å². The van der Waals surface area contributed by atoms with Crippen molar-refractivity contribution in [3.05, 3.63) is 35.8 Å². The maximum atomic E-state index is 4.61. The number of pyridine rings is 1. The molecule has 1 N–H and O–H groups in total. The Hall–Kier alpha value is -1.39. The Morgan fingerprint density at radius 1 is 1.29 bits per heavy atom. The lowest BCUT2D eigenvalue weighted by Gasteiger charge is -2.28. The summed E-state index contributed by atoms with van der Waals surface area (Å²) in [6, 6.07) is 6.17. The van der Waals surface area contributed by atoms with E-state index in [4.69, 9.17) is 0 Å². The molecule has 0 atom stereocenters. The maximum Gasteiger partial charge on any atom is 0.137 e. The smallest absolute Gasteiger partial charge is 0.137 e. The largest absolute Gasteiger partial charge is 0.311 e. The molecule has 0 aliphatic carbocycles. The van der Waals surface area contributed by atoms with E-state index in [1.54, 1.807) is 0 Å². The zero-order chi connectivity index (χ0) is 14.7. The molecule has 4 nitrogen and oxygen atoms in total. The summed E-state index contributed by atoms with van der Waals surface area (Å²) in [6.45, 7) is 6.63. The molecule has 3 rings (SSSR count). The third kappa shape index (κ3) is 3.44. The third-order valence-electron chi connectivity index (χ3n) is 4.69. The molecule has 0 spiro atoms. The van der Waals surface area contributed by atoms with Crippen LogP contribution in [0.4, 0.5) is 0 Å². The number of rotatable bonds is 5. The Bertz CT molecular complexity index is 581. The molecule has 1 fully saturated rings. The van der Waals surface area contributed by atoms with Crippen molar-refractivity contribution in [3.63, 3.8) is 0 Å². The fourth-order valence-corrected chi connectivity index (χ4v) is 3.24. The van der Waals surface area contributed by atoms with Gasteiger partial charge >= 0.3 is 0 Å². The summed E-state index contributed by atoms with van der Waals surface area (Å²) in [5.74, 6) is 0.900. The van der Waals surface area contributed by atoms with Gasteiger partial charge < -0.3 is 14.6 Å². The molecule has 1 aliphatic rings. The van der Waals surface area contributed by atoms with Crippen molar-refractivity contribution >= 4 is 5.65 Å². The average Bonchev–Trinajstić information content (AvgIpc) is 2.81. The highest BCUT2D eigenvalue weighted by molar-refractivity contribution is 5.42. The van der Waals surface area contributed by atoms with Crippen LogP contribution >= 0.6 is 0 Å². The lowest BCUT2D eigenvalue weighted by molar-refractivity contribution is 0.211. The Kier molecular flexibility index (Phi) is 4.56. The van der Waals surface area contributed by atoms with Crippen LogP contribution in [-0.2, 0) is 6.54 Å². The third-order valence-corrected chi connectivity index (χ3v) is 4.69. The fourth-order valence-electron chi connectivity index (χ4n) is 3.24. The van der Waals surface area contributed by atoms with E-state index in [1.165, 1.54) is 38.0 Å². The van der Waals surface area contributed by atoms with Crippen molar-refractivity contribution in [2.24, 2.45) is 5.92 Å². The van der Waals surface area contributed by atoms with Crippen LogP contribution in [0, 0.1) is 12.8 Å². The van der Waals surface area contributed by atoms with E-state index in [0.717, 1.165) is 30.3 Å². The molecule has 0 saturated carbocycles. The normalized spacial score (nSPS) is 17.6. The van der Waals surface area contributed by atoms with E-state index in [2.05, 4.69) is 51.9 Å². The molecule has 0 unspecified atom stereocenters. The Morgan fingerprint density at radius 3 is 2.90 bits per heavy atom. The Balaban J connectivity index is 1.49. The summed E-state index contributed by atoms with van der Waals surface area (Å²) in [4.78, 5) is 7.04. The first-order valence-electron chi connectivity index (χ1n) is 8.06. The number of nitrogens with zero attached hydrogens (tertiary/aromatic N) is 3. The van der Waals surface area contributed by atoms with Crippen LogP contribution in [0.25, 0.3) is 5.65 Å². The van der Waals surface area contributed by atoms with Gasteiger partial charge in [0.2, 0.25) is 0 Å². The van der Waals surface area contributed by atoms with Gasteiger partial charge in [0.1, 0.15) is 5.65 Å². The number of hydrogen-bond acceptors (Lipinski definition) is 3. The van der Waals surface area contributed by atoms with Crippen molar-refractivity contribution in [1.82, 2.24) is 19.6 Å². The zero-order valence-electron chi connectivity index (χ0n) is 13.2. The molecule has 1 aliphatic heterocycles. The summed E-state index contributed by atoms with van der Waals surface area (Å²) in [6.07, 6.45) is 6.10. The molecule has 2 aromatic rings. The van der Waals surface area contributed by atoms with Crippen LogP contribution in [-0.4, -0.2) is 41.0 Å². The van der Waals surface area contributed by atoms with Gasteiger partial charge in [0.15, 0.2) is 0 Å². The highest BCUT2D eigenvalue weighted by Crippen LogP contribution is 2.19. The van der Waals surface area contributed by atoms with E-state index in [9.17, 15) is 0 Å². The van der Waals surface area contributed by atoms with Crippen LogP contribution in [0.2, 0.25) is 0 Å². The van der Waals surface area contributed by atoms with Crippen molar-refractivity contribution in [2.75, 3.05) is 26.7 Å². The van der Waals surface area contributed by atoms with Gasteiger partial charge in [-0.3, -0.25) is 0 Å². The predicted octanol–water partition coefficient (Wildman–Crippen LogP) is 2.46. The lowest BCUT2D eigenvalue weighted by atomic mass is 9.94. The minimum Gasteiger partial charge on any atom is -0.311 e. The molecular formula is C17H26N4. The molecule has 4 heteroatoms. The molecule has 0 radical (unpaired) electrons. The first-order chi connectivity index (χ1) is 10.2. The van der Waals surface area contributed by atoms with E-state index < -0.39 is 0 Å². The van der Waals surface area contributed by atoms with Gasteiger partial charge in [-0.2, -0.15) is 0 Å². The zero-order valence-corrected chi connectivity index (χ0v) is 13.2. The minimum absolute atomic E-state index is 0.900. The quantitative estimate of drug-likeness (QED) is 0.857. The summed E-state index contributed by atoms with van der Waals surface area (Å²) >= 11 is 0. The number of aromatic nitrogens is 2. The standard InChI is InChI=1S/C17H26N4/c1-14-16(21-10-4-3-5-17(21)19-14)13-18-9-6-15-7-11-20(2)12-8-15/h3-5,10,15,18H,6-9,11-13H2,1-2H3. The van der Waals surface area contributed by atoms with Gasteiger partial charge in [-0.1, -0.05) is 6.07 Å². The first-order valence-corrected chi connectivity index (χ1v) is 8.06. The van der Waals surface area contributed by atoms with Gasteiger partial charge in [0.25, 0.3) is 0 Å². The van der Waals surface area contributed by atoms with E-state index in [1.807, 2.05) is 6.07 Å². The lowest BCUT2D eigenvalue weighted by Crippen LogP contribution is -2.31. The number of aryl methyl sites for hydroxylation is 1. The molecule has 2 aromatic heterocycles. The predicted molar refractivity (Wildman–Crippen MR) is 86.5 cm³/mol. The van der Waals surface area contributed by atoms with Crippen LogP contribution in [0.15, 0.2) is 24.4 Å². The molecule has 0 bridgehead atoms. The van der Waals surface area contributed by atoms with Crippen molar-refractivity contribution < 1.29 is 0 Å². The monoisotopic (exact) mass is 286 g/mol. The maximum absolute atomic E-state index is 4.61. The van der Waals surface area contributed by atoms with E-state index >= 15 is 0 Å². The second kappa shape index (κ2) is 6.58. The van der Waals surface area contributed by atoms with Gasteiger partial charge in [-0.15, -0.1) is 0 Å². The Labute approximate surface area is 127 Å². The number of hydrogen-bond donors (Lipinski definition) is 1. The number of nitrogens with one attached hydrogen (secondary N) is 1. The van der Waals surface area contributed by atoms with Gasteiger partial charge in [0, 0.05) is 12.7 Å². The number of likely N-dealkylation sites (tertiary alicyclic amines) is 1. The molecule has 0 amide bonds. The van der Waals surface area contributed by atoms with Crippen LogP contribution in [0.1, 0.15) is 30.7 Å². The number of imidazole rings is 1. The molecule has 1 saturated heterocycles. The topological polar surface area (TPSA) is 32.6 Å². The highest BCUT2D eigenvalue weighted by atomic mass is 15.1. The Morgan fingerprint density at radius 2 is 2.10 bits per heavy atom. The molecular weight excluding hydrogens is 260 g/mol. The fraction of sp³-hybridized carbons (Fsp3) is 0.588. The van der Waals surface area contributed by atoms with E-state index in [-0.39, 0.29) is 0 Å². The average molecular weight is 286 g/mol.